The zero-order valence-corrected chi connectivity index (χ0v) is 7.28. The second kappa shape index (κ2) is 3.13. The van der Waals surface area contributed by atoms with Crippen LogP contribution in [0.3, 0.4) is 0 Å². The van der Waals surface area contributed by atoms with Crippen molar-refractivity contribution in [1.29, 1.82) is 0 Å². The number of benzene rings is 1. The summed E-state index contributed by atoms with van der Waals surface area (Å²) >= 11 is 0. The van der Waals surface area contributed by atoms with Gasteiger partial charge in [0.2, 0.25) is 0 Å². The van der Waals surface area contributed by atoms with Gasteiger partial charge in [0, 0.05) is 0 Å². The Bertz CT molecular complexity index is 429. The molecule has 0 fully saturated rings. The molecule has 0 aliphatic carbocycles. The number of aromatic nitrogens is 4. The normalized spacial score (nSPS) is 10.5. The van der Waals surface area contributed by atoms with Crippen molar-refractivity contribution < 1.29 is 8.78 Å². The van der Waals surface area contributed by atoms with Crippen molar-refractivity contribution in [3.8, 4) is 5.69 Å². The Labute approximate surface area is 78.2 Å². The molecule has 1 aromatic heterocycles. The van der Waals surface area contributed by atoms with Crippen LogP contribution in [0.1, 0.15) is 5.56 Å². The topological polar surface area (TPSA) is 43.6 Å². The molecule has 6 heteroatoms. The molecule has 0 amide bonds. The summed E-state index contributed by atoms with van der Waals surface area (Å²) in [7, 11) is 0. The quantitative estimate of drug-likeness (QED) is 0.689. The molecule has 0 atom stereocenters. The van der Waals surface area contributed by atoms with Gasteiger partial charge in [0.1, 0.15) is 12.0 Å². The van der Waals surface area contributed by atoms with Gasteiger partial charge >= 0.3 is 0 Å². The van der Waals surface area contributed by atoms with E-state index < -0.39 is 11.6 Å². The van der Waals surface area contributed by atoms with E-state index in [9.17, 15) is 8.78 Å². The van der Waals surface area contributed by atoms with Crippen molar-refractivity contribution in [3.05, 3.63) is 35.7 Å². The number of hydrogen-bond donors (Lipinski definition) is 0. The van der Waals surface area contributed by atoms with Crippen LogP contribution in [-0.4, -0.2) is 20.2 Å². The van der Waals surface area contributed by atoms with Gasteiger partial charge in [0.05, 0.1) is 0 Å². The standard InChI is InChI=1S/C8H6F2N4/c1-5-2-6(9)8(7(10)3-5)14-4-11-12-13-14/h2-4H,1H3. The predicted molar refractivity (Wildman–Crippen MR) is 43.8 cm³/mol. The number of rotatable bonds is 1. The Morgan fingerprint density at radius 2 is 1.86 bits per heavy atom. The van der Waals surface area contributed by atoms with E-state index in [2.05, 4.69) is 15.5 Å². The second-order valence-corrected chi connectivity index (χ2v) is 2.83. The molecule has 1 aromatic carbocycles. The van der Waals surface area contributed by atoms with Gasteiger partial charge in [-0.25, -0.2) is 8.78 Å². The summed E-state index contributed by atoms with van der Waals surface area (Å²) in [6, 6.07) is 2.44. The molecule has 0 aliphatic rings. The highest BCUT2D eigenvalue weighted by atomic mass is 19.1. The summed E-state index contributed by atoms with van der Waals surface area (Å²) in [4.78, 5) is 0. The lowest BCUT2D eigenvalue weighted by atomic mass is 10.2. The largest absolute Gasteiger partial charge is 0.204 e. The van der Waals surface area contributed by atoms with Gasteiger partial charge in [0.15, 0.2) is 11.6 Å². The molecule has 0 unspecified atom stereocenters. The highest BCUT2D eigenvalue weighted by Crippen LogP contribution is 2.17. The van der Waals surface area contributed by atoms with Gasteiger partial charge in [0.25, 0.3) is 0 Å². The summed E-state index contributed by atoms with van der Waals surface area (Å²) in [6.45, 7) is 1.61. The summed E-state index contributed by atoms with van der Waals surface area (Å²) in [5, 5.41) is 10.0. The van der Waals surface area contributed by atoms with Crippen LogP contribution in [0.25, 0.3) is 5.69 Å². The zero-order chi connectivity index (χ0) is 10.1. The van der Waals surface area contributed by atoms with Crippen LogP contribution in [-0.2, 0) is 0 Å². The van der Waals surface area contributed by atoms with Crippen molar-refractivity contribution in [2.45, 2.75) is 6.92 Å². The molecular weight excluding hydrogens is 190 g/mol. The fourth-order valence-electron chi connectivity index (χ4n) is 1.17. The molecule has 0 spiro atoms. The number of tetrazole rings is 1. The van der Waals surface area contributed by atoms with Gasteiger partial charge < -0.3 is 0 Å². The van der Waals surface area contributed by atoms with Crippen molar-refractivity contribution in [2.75, 3.05) is 0 Å². The summed E-state index contributed by atoms with van der Waals surface area (Å²) in [6.07, 6.45) is 1.14. The van der Waals surface area contributed by atoms with Crippen molar-refractivity contribution in [1.82, 2.24) is 20.2 Å². The van der Waals surface area contributed by atoms with Gasteiger partial charge in [-0.1, -0.05) is 0 Å². The van der Waals surface area contributed by atoms with E-state index in [4.69, 9.17) is 0 Å². The average molecular weight is 196 g/mol. The second-order valence-electron chi connectivity index (χ2n) is 2.83. The molecule has 0 saturated heterocycles. The number of hydrogen-bond acceptors (Lipinski definition) is 3. The molecular formula is C8H6F2N4. The van der Waals surface area contributed by atoms with Crippen LogP contribution in [0.4, 0.5) is 8.78 Å². The van der Waals surface area contributed by atoms with E-state index in [0.717, 1.165) is 11.0 Å². The van der Waals surface area contributed by atoms with Crippen LogP contribution in [0.2, 0.25) is 0 Å². The molecule has 0 aliphatic heterocycles. The third-order valence-electron chi connectivity index (χ3n) is 1.74. The highest BCUT2D eigenvalue weighted by molar-refractivity contribution is 5.36. The third kappa shape index (κ3) is 1.34. The van der Waals surface area contributed by atoms with E-state index in [1.54, 1.807) is 6.92 Å². The summed E-state index contributed by atoms with van der Waals surface area (Å²) in [5.74, 6) is -1.37. The molecule has 0 saturated carbocycles. The first-order chi connectivity index (χ1) is 6.68. The SMILES string of the molecule is Cc1cc(F)c(-n2cnnn2)c(F)c1. The maximum absolute atomic E-state index is 13.3. The molecule has 14 heavy (non-hydrogen) atoms. The smallest absolute Gasteiger partial charge is 0.152 e. The highest BCUT2D eigenvalue weighted by Gasteiger charge is 2.12. The van der Waals surface area contributed by atoms with E-state index in [1.165, 1.54) is 12.1 Å². The summed E-state index contributed by atoms with van der Waals surface area (Å²) < 4.78 is 27.6. The van der Waals surface area contributed by atoms with Crippen LogP contribution in [0, 0.1) is 18.6 Å². The Morgan fingerprint density at radius 3 is 2.36 bits per heavy atom. The van der Waals surface area contributed by atoms with Gasteiger partial charge in [-0.2, -0.15) is 4.68 Å². The first kappa shape index (κ1) is 8.74. The van der Waals surface area contributed by atoms with Crippen LogP contribution in [0.5, 0.6) is 0 Å². The van der Waals surface area contributed by atoms with Crippen LogP contribution >= 0.6 is 0 Å². The Balaban J connectivity index is 2.64. The number of halogens is 2. The van der Waals surface area contributed by atoms with E-state index in [-0.39, 0.29) is 5.69 Å². The molecule has 0 N–H and O–H groups in total. The third-order valence-corrected chi connectivity index (χ3v) is 1.74. The average Bonchev–Trinajstić information content (AvgIpc) is 2.54. The Hall–Kier alpha value is -1.85. The summed E-state index contributed by atoms with van der Waals surface area (Å²) in [5.41, 5.74) is 0.248. The lowest BCUT2D eigenvalue weighted by Crippen LogP contribution is -2.03. The van der Waals surface area contributed by atoms with Gasteiger partial charge in [-0.05, 0) is 35.0 Å². The van der Waals surface area contributed by atoms with Crippen molar-refractivity contribution in [2.24, 2.45) is 0 Å². The number of nitrogens with zero attached hydrogens (tertiary/aromatic N) is 4. The molecule has 72 valence electrons. The van der Waals surface area contributed by atoms with Crippen molar-refractivity contribution >= 4 is 0 Å². The molecule has 0 bridgehead atoms. The minimum atomic E-state index is -0.685. The van der Waals surface area contributed by atoms with E-state index in [0.29, 0.717) is 5.56 Å². The van der Waals surface area contributed by atoms with Crippen LogP contribution < -0.4 is 0 Å². The van der Waals surface area contributed by atoms with E-state index >= 15 is 0 Å². The van der Waals surface area contributed by atoms with E-state index in [1.807, 2.05) is 0 Å². The molecule has 2 aromatic rings. The number of aryl methyl sites for hydroxylation is 1. The fraction of sp³-hybridized carbons (Fsp3) is 0.125. The lowest BCUT2D eigenvalue weighted by Gasteiger charge is -2.03. The maximum Gasteiger partial charge on any atom is 0.152 e. The Morgan fingerprint density at radius 1 is 1.21 bits per heavy atom. The van der Waals surface area contributed by atoms with Crippen LogP contribution in [0.15, 0.2) is 18.5 Å². The maximum atomic E-state index is 13.3. The fourth-order valence-corrected chi connectivity index (χ4v) is 1.17. The first-order valence-corrected chi connectivity index (χ1v) is 3.87. The molecule has 1 heterocycles. The minimum absolute atomic E-state index is 0.263. The minimum Gasteiger partial charge on any atom is -0.204 e. The molecule has 0 radical (unpaired) electrons. The predicted octanol–water partition coefficient (Wildman–Crippen LogP) is 1.25. The van der Waals surface area contributed by atoms with Crippen molar-refractivity contribution in [3.63, 3.8) is 0 Å². The lowest BCUT2D eigenvalue weighted by molar-refractivity contribution is 0.554. The van der Waals surface area contributed by atoms with Gasteiger partial charge in [-0.3, -0.25) is 0 Å². The monoisotopic (exact) mass is 196 g/mol. The van der Waals surface area contributed by atoms with Gasteiger partial charge in [-0.15, -0.1) is 5.10 Å². The zero-order valence-electron chi connectivity index (χ0n) is 7.28. The first-order valence-electron chi connectivity index (χ1n) is 3.87. The molecule has 4 nitrogen and oxygen atoms in total. The Kier molecular flexibility index (Phi) is 1.95. The molecule has 2 rings (SSSR count).